The molecule has 1 aromatic rings. The molecule has 0 aliphatic heterocycles. The highest BCUT2D eigenvalue weighted by Gasteiger charge is 2.21. The maximum atomic E-state index is 9.25. The Morgan fingerprint density at radius 2 is 1.79 bits per heavy atom. The van der Waals surface area contributed by atoms with Crippen LogP contribution in [0.25, 0.3) is 0 Å². The van der Waals surface area contributed by atoms with Crippen molar-refractivity contribution >= 4 is 0 Å². The lowest BCUT2D eigenvalue weighted by Crippen LogP contribution is -2.28. The molecule has 78 valence electrons. The summed E-state index contributed by atoms with van der Waals surface area (Å²) in [5.74, 6) is 0.535. The summed E-state index contributed by atoms with van der Waals surface area (Å²) < 4.78 is 0. The van der Waals surface area contributed by atoms with Gasteiger partial charge in [-0.1, -0.05) is 44.2 Å². The van der Waals surface area contributed by atoms with E-state index < -0.39 is 0 Å². The lowest BCUT2D eigenvalue weighted by atomic mass is 9.86. The topological polar surface area (TPSA) is 46.2 Å². The van der Waals surface area contributed by atoms with E-state index in [0.29, 0.717) is 5.92 Å². The fourth-order valence-corrected chi connectivity index (χ4v) is 1.66. The van der Waals surface area contributed by atoms with Crippen molar-refractivity contribution in [3.63, 3.8) is 0 Å². The van der Waals surface area contributed by atoms with Gasteiger partial charge in [-0.25, -0.2) is 0 Å². The molecular formula is C12H19NO. The predicted octanol–water partition coefficient (Wildman–Crippen LogP) is 1.95. The minimum absolute atomic E-state index is 0.0683. The lowest BCUT2D eigenvalue weighted by Gasteiger charge is -2.25. The van der Waals surface area contributed by atoms with Crippen LogP contribution in [0.2, 0.25) is 0 Å². The fourth-order valence-electron chi connectivity index (χ4n) is 1.66. The molecule has 0 aromatic heterocycles. The zero-order valence-corrected chi connectivity index (χ0v) is 8.85. The van der Waals surface area contributed by atoms with Crippen LogP contribution in [0.1, 0.15) is 25.5 Å². The van der Waals surface area contributed by atoms with Gasteiger partial charge in [0, 0.05) is 18.6 Å². The Kier molecular flexibility index (Phi) is 4.11. The third-order valence-electron chi connectivity index (χ3n) is 2.71. The zero-order chi connectivity index (χ0) is 10.6. The molecule has 14 heavy (non-hydrogen) atoms. The van der Waals surface area contributed by atoms with E-state index in [2.05, 4.69) is 13.8 Å². The van der Waals surface area contributed by atoms with E-state index in [1.807, 2.05) is 30.3 Å². The molecule has 0 aliphatic carbocycles. The van der Waals surface area contributed by atoms with Crippen LogP contribution < -0.4 is 5.73 Å². The summed E-state index contributed by atoms with van der Waals surface area (Å²) in [4.78, 5) is 0. The van der Waals surface area contributed by atoms with Gasteiger partial charge in [0.05, 0.1) is 0 Å². The Morgan fingerprint density at radius 3 is 2.21 bits per heavy atom. The highest BCUT2D eigenvalue weighted by atomic mass is 16.3. The molecule has 0 bridgehead atoms. The average molecular weight is 193 g/mol. The Bertz CT molecular complexity index is 258. The van der Waals surface area contributed by atoms with Gasteiger partial charge < -0.3 is 10.8 Å². The molecular weight excluding hydrogens is 174 g/mol. The van der Waals surface area contributed by atoms with Crippen molar-refractivity contribution in [3.8, 4) is 0 Å². The highest BCUT2D eigenvalue weighted by molar-refractivity contribution is 5.19. The van der Waals surface area contributed by atoms with Crippen LogP contribution in [0.4, 0.5) is 0 Å². The maximum absolute atomic E-state index is 9.25. The first-order valence-electron chi connectivity index (χ1n) is 5.08. The molecule has 0 unspecified atom stereocenters. The molecule has 1 aromatic carbocycles. The van der Waals surface area contributed by atoms with E-state index in [4.69, 9.17) is 5.73 Å². The lowest BCUT2D eigenvalue weighted by molar-refractivity contribution is 0.166. The second kappa shape index (κ2) is 5.13. The number of rotatable bonds is 4. The monoisotopic (exact) mass is 193 g/mol. The summed E-state index contributed by atoms with van der Waals surface area (Å²) in [5.41, 5.74) is 7.19. The first-order chi connectivity index (χ1) is 6.66. The third-order valence-corrected chi connectivity index (χ3v) is 2.71. The van der Waals surface area contributed by atoms with E-state index in [0.717, 1.165) is 5.56 Å². The first kappa shape index (κ1) is 11.2. The molecule has 0 aliphatic rings. The van der Waals surface area contributed by atoms with Crippen LogP contribution in [-0.4, -0.2) is 11.7 Å². The van der Waals surface area contributed by atoms with Crippen LogP contribution in [0.3, 0.4) is 0 Å². The number of aliphatic hydroxyl groups excluding tert-OH is 1. The van der Waals surface area contributed by atoms with Crippen LogP contribution in [0.15, 0.2) is 30.3 Å². The van der Waals surface area contributed by atoms with Gasteiger partial charge in [-0.3, -0.25) is 0 Å². The summed E-state index contributed by atoms with van der Waals surface area (Å²) in [5, 5.41) is 9.25. The molecule has 0 amide bonds. The molecule has 0 saturated heterocycles. The Labute approximate surface area is 85.8 Å². The van der Waals surface area contributed by atoms with Crippen molar-refractivity contribution in [3.05, 3.63) is 35.9 Å². The summed E-state index contributed by atoms with van der Waals surface area (Å²) in [7, 11) is 0. The van der Waals surface area contributed by atoms with E-state index >= 15 is 0 Å². The molecule has 1 rings (SSSR count). The van der Waals surface area contributed by atoms with Gasteiger partial charge in [-0.2, -0.15) is 0 Å². The standard InChI is InChI=1S/C12H19NO/c1-9(2)11(8-14)12(13)10-6-4-3-5-7-10/h3-7,9,11-12,14H,8,13H2,1-2H3/t11-,12+/m0/s1. The molecule has 0 spiro atoms. The first-order valence-corrected chi connectivity index (χ1v) is 5.08. The van der Waals surface area contributed by atoms with Crippen molar-refractivity contribution in [2.75, 3.05) is 6.61 Å². The predicted molar refractivity (Wildman–Crippen MR) is 58.8 cm³/mol. The summed E-state index contributed by atoms with van der Waals surface area (Å²) in [6.45, 7) is 4.32. The Hall–Kier alpha value is -0.860. The van der Waals surface area contributed by atoms with Crippen LogP contribution >= 0.6 is 0 Å². The van der Waals surface area contributed by atoms with Gasteiger partial charge in [-0.15, -0.1) is 0 Å². The fraction of sp³-hybridized carbons (Fsp3) is 0.500. The van der Waals surface area contributed by atoms with Crippen molar-refractivity contribution in [1.82, 2.24) is 0 Å². The Morgan fingerprint density at radius 1 is 1.21 bits per heavy atom. The minimum Gasteiger partial charge on any atom is -0.396 e. The normalized spacial score (nSPS) is 15.5. The number of hydrogen-bond acceptors (Lipinski definition) is 2. The minimum atomic E-state index is -0.0683. The van der Waals surface area contributed by atoms with E-state index in [-0.39, 0.29) is 18.6 Å². The van der Waals surface area contributed by atoms with Crippen molar-refractivity contribution in [2.24, 2.45) is 17.6 Å². The van der Waals surface area contributed by atoms with Gasteiger partial charge in [0.25, 0.3) is 0 Å². The molecule has 0 saturated carbocycles. The third kappa shape index (κ3) is 2.56. The quantitative estimate of drug-likeness (QED) is 0.767. The second-order valence-corrected chi connectivity index (χ2v) is 4.03. The summed E-state index contributed by atoms with van der Waals surface area (Å²) >= 11 is 0. The van der Waals surface area contributed by atoms with Crippen molar-refractivity contribution < 1.29 is 5.11 Å². The summed E-state index contributed by atoms with van der Waals surface area (Å²) in [6, 6.07) is 9.87. The van der Waals surface area contributed by atoms with E-state index in [1.165, 1.54) is 0 Å². The molecule has 0 heterocycles. The average Bonchev–Trinajstić information content (AvgIpc) is 2.19. The zero-order valence-electron chi connectivity index (χ0n) is 8.85. The second-order valence-electron chi connectivity index (χ2n) is 4.03. The van der Waals surface area contributed by atoms with Gasteiger partial charge >= 0.3 is 0 Å². The van der Waals surface area contributed by atoms with Crippen molar-refractivity contribution in [2.45, 2.75) is 19.9 Å². The van der Waals surface area contributed by atoms with Crippen LogP contribution in [0, 0.1) is 11.8 Å². The molecule has 2 heteroatoms. The molecule has 3 N–H and O–H groups in total. The molecule has 0 radical (unpaired) electrons. The summed E-state index contributed by atoms with van der Waals surface area (Å²) in [6.07, 6.45) is 0. The molecule has 2 nitrogen and oxygen atoms in total. The Balaban J connectivity index is 2.78. The van der Waals surface area contributed by atoms with Gasteiger partial charge in [-0.05, 0) is 11.5 Å². The highest BCUT2D eigenvalue weighted by Crippen LogP contribution is 2.25. The van der Waals surface area contributed by atoms with Gasteiger partial charge in [0.1, 0.15) is 0 Å². The largest absolute Gasteiger partial charge is 0.396 e. The van der Waals surface area contributed by atoms with E-state index in [1.54, 1.807) is 0 Å². The maximum Gasteiger partial charge on any atom is 0.0479 e. The van der Waals surface area contributed by atoms with Crippen LogP contribution in [0.5, 0.6) is 0 Å². The van der Waals surface area contributed by atoms with Crippen LogP contribution in [-0.2, 0) is 0 Å². The van der Waals surface area contributed by atoms with Gasteiger partial charge in [0.2, 0.25) is 0 Å². The number of nitrogens with two attached hydrogens (primary N) is 1. The van der Waals surface area contributed by atoms with E-state index in [9.17, 15) is 5.11 Å². The smallest absolute Gasteiger partial charge is 0.0479 e. The molecule has 0 fully saturated rings. The van der Waals surface area contributed by atoms with Crippen molar-refractivity contribution in [1.29, 1.82) is 0 Å². The SMILES string of the molecule is CC(C)[C@H](CO)[C@H](N)c1ccccc1. The number of aliphatic hydroxyl groups is 1. The van der Waals surface area contributed by atoms with Gasteiger partial charge in [0.15, 0.2) is 0 Å². The molecule has 2 atom stereocenters. The number of hydrogen-bond donors (Lipinski definition) is 2. The number of benzene rings is 1.